The summed E-state index contributed by atoms with van der Waals surface area (Å²) < 4.78 is 6.09. The number of carbonyl (C=O) groups is 2. The molecule has 1 fully saturated rings. The summed E-state index contributed by atoms with van der Waals surface area (Å²) in [6.07, 6.45) is 9.92. The SMILES string of the molecule is CSCC[C@H](NC(=O)c1ccc(OCCC2CCCCC2)cc1-c1ccccc1C)C(=O)O. The molecule has 6 heteroatoms. The summed E-state index contributed by atoms with van der Waals surface area (Å²) in [6.45, 7) is 2.67. The molecular formula is C27H35NO4S. The monoisotopic (exact) mass is 469 g/mol. The van der Waals surface area contributed by atoms with Crippen LogP contribution >= 0.6 is 11.8 Å². The molecule has 0 unspecified atom stereocenters. The molecule has 0 radical (unpaired) electrons. The van der Waals surface area contributed by atoms with Crippen molar-refractivity contribution in [3.8, 4) is 16.9 Å². The van der Waals surface area contributed by atoms with Crippen LogP contribution in [0, 0.1) is 12.8 Å². The number of nitrogens with one attached hydrogen (secondary N) is 1. The average molecular weight is 470 g/mol. The van der Waals surface area contributed by atoms with Gasteiger partial charge < -0.3 is 15.2 Å². The van der Waals surface area contributed by atoms with Crippen molar-refractivity contribution in [1.29, 1.82) is 0 Å². The maximum atomic E-state index is 13.1. The lowest BCUT2D eigenvalue weighted by molar-refractivity contribution is -0.139. The highest BCUT2D eigenvalue weighted by atomic mass is 32.2. The van der Waals surface area contributed by atoms with Gasteiger partial charge in [0.2, 0.25) is 0 Å². The minimum atomic E-state index is -1.02. The Balaban J connectivity index is 1.80. The third kappa shape index (κ3) is 7.26. The van der Waals surface area contributed by atoms with Crippen LogP contribution in [0.25, 0.3) is 11.1 Å². The first kappa shape index (κ1) is 25.2. The molecule has 5 nitrogen and oxygen atoms in total. The lowest BCUT2D eigenvalue weighted by Gasteiger charge is -2.21. The molecule has 3 rings (SSSR count). The van der Waals surface area contributed by atoms with Crippen LogP contribution in [0.15, 0.2) is 42.5 Å². The van der Waals surface area contributed by atoms with Gasteiger partial charge >= 0.3 is 5.97 Å². The molecule has 0 bridgehead atoms. The van der Waals surface area contributed by atoms with Crippen molar-refractivity contribution in [2.24, 2.45) is 5.92 Å². The van der Waals surface area contributed by atoms with E-state index in [1.165, 1.54) is 32.1 Å². The van der Waals surface area contributed by atoms with Crippen LogP contribution in [0.4, 0.5) is 0 Å². The molecule has 0 aliphatic heterocycles. The number of hydrogen-bond donors (Lipinski definition) is 2. The molecule has 0 saturated heterocycles. The van der Waals surface area contributed by atoms with Gasteiger partial charge in [-0.2, -0.15) is 11.8 Å². The summed E-state index contributed by atoms with van der Waals surface area (Å²) in [5, 5.41) is 12.2. The first-order chi connectivity index (χ1) is 16.0. The number of benzene rings is 2. The Labute approximate surface area is 201 Å². The van der Waals surface area contributed by atoms with Crippen molar-refractivity contribution in [1.82, 2.24) is 5.32 Å². The Morgan fingerprint density at radius 3 is 2.58 bits per heavy atom. The second-order valence-corrected chi connectivity index (χ2v) is 9.79. The largest absolute Gasteiger partial charge is 0.494 e. The zero-order chi connectivity index (χ0) is 23.6. The number of carboxylic acid groups (broad SMARTS) is 1. The van der Waals surface area contributed by atoms with Gasteiger partial charge in [0.15, 0.2) is 0 Å². The highest BCUT2D eigenvalue weighted by Crippen LogP contribution is 2.31. The Morgan fingerprint density at radius 1 is 1.12 bits per heavy atom. The maximum Gasteiger partial charge on any atom is 0.326 e. The van der Waals surface area contributed by atoms with Crippen LogP contribution in [0.1, 0.15) is 60.9 Å². The number of rotatable bonds is 11. The molecule has 0 heterocycles. The zero-order valence-corrected chi connectivity index (χ0v) is 20.5. The average Bonchev–Trinajstić information content (AvgIpc) is 2.82. The summed E-state index contributed by atoms with van der Waals surface area (Å²) in [5.41, 5.74) is 3.20. The maximum absolute atomic E-state index is 13.1. The van der Waals surface area contributed by atoms with Crippen molar-refractivity contribution < 1.29 is 19.4 Å². The Morgan fingerprint density at radius 2 is 1.88 bits per heavy atom. The molecule has 0 aromatic heterocycles. The smallest absolute Gasteiger partial charge is 0.326 e. The van der Waals surface area contributed by atoms with Crippen molar-refractivity contribution in [2.45, 2.75) is 57.9 Å². The van der Waals surface area contributed by atoms with Gasteiger partial charge in [0.25, 0.3) is 5.91 Å². The molecule has 2 aromatic rings. The van der Waals surface area contributed by atoms with Crippen LogP contribution in [-0.2, 0) is 4.79 Å². The topological polar surface area (TPSA) is 75.6 Å². The van der Waals surface area contributed by atoms with Crippen molar-refractivity contribution >= 4 is 23.6 Å². The van der Waals surface area contributed by atoms with E-state index in [0.29, 0.717) is 24.3 Å². The number of thioether (sulfide) groups is 1. The predicted molar refractivity (Wildman–Crippen MR) is 135 cm³/mol. The highest BCUT2D eigenvalue weighted by Gasteiger charge is 2.23. The van der Waals surface area contributed by atoms with E-state index in [0.717, 1.165) is 34.8 Å². The minimum Gasteiger partial charge on any atom is -0.494 e. The highest BCUT2D eigenvalue weighted by molar-refractivity contribution is 7.98. The van der Waals surface area contributed by atoms with Gasteiger partial charge in [-0.05, 0) is 72.6 Å². The normalized spacial score (nSPS) is 15.1. The van der Waals surface area contributed by atoms with E-state index in [9.17, 15) is 14.7 Å². The standard InChI is InChI=1S/C27H35NO4S/c1-19-8-6-7-11-22(19)24-18-21(32-16-14-20-9-4-3-5-10-20)12-13-23(24)26(29)28-25(27(30)31)15-17-33-2/h6-8,11-13,18,20,25H,3-5,9-10,14-17H2,1-2H3,(H,28,29)(H,30,31)/t25-/m0/s1. The van der Waals surface area contributed by atoms with Gasteiger partial charge in [-0.15, -0.1) is 0 Å². The molecular weight excluding hydrogens is 434 g/mol. The number of carbonyl (C=O) groups excluding carboxylic acids is 1. The van der Waals surface area contributed by atoms with Crippen LogP contribution in [0.2, 0.25) is 0 Å². The lowest BCUT2D eigenvalue weighted by atomic mass is 9.87. The van der Waals surface area contributed by atoms with E-state index in [2.05, 4.69) is 5.32 Å². The summed E-state index contributed by atoms with van der Waals surface area (Å²) >= 11 is 1.56. The molecule has 33 heavy (non-hydrogen) atoms. The Hall–Kier alpha value is -2.47. The molecule has 1 aliphatic carbocycles. The number of aryl methyl sites for hydroxylation is 1. The first-order valence-electron chi connectivity index (χ1n) is 11.8. The third-order valence-electron chi connectivity index (χ3n) is 6.40. The molecule has 1 atom stereocenters. The van der Waals surface area contributed by atoms with E-state index in [-0.39, 0.29) is 5.91 Å². The van der Waals surface area contributed by atoms with Crippen LogP contribution in [0.3, 0.4) is 0 Å². The van der Waals surface area contributed by atoms with Crippen LogP contribution in [-0.4, -0.2) is 41.6 Å². The van der Waals surface area contributed by atoms with E-state index >= 15 is 0 Å². The van der Waals surface area contributed by atoms with Crippen molar-refractivity contribution in [3.63, 3.8) is 0 Å². The zero-order valence-electron chi connectivity index (χ0n) is 19.6. The number of amides is 1. The Kier molecular flexibility index (Phi) is 9.67. The molecule has 1 aliphatic rings. The van der Waals surface area contributed by atoms with Crippen LogP contribution < -0.4 is 10.1 Å². The fraction of sp³-hybridized carbons (Fsp3) is 0.481. The second-order valence-electron chi connectivity index (χ2n) is 8.81. The second kappa shape index (κ2) is 12.7. The summed E-state index contributed by atoms with van der Waals surface area (Å²) in [6, 6.07) is 12.5. The van der Waals surface area contributed by atoms with E-state index in [4.69, 9.17) is 4.74 Å². The van der Waals surface area contributed by atoms with Crippen molar-refractivity contribution in [2.75, 3.05) is 18.6 Å². The Bertz CT molecular complexity index is 939. The number of hydrogen-bond acceptors (Lipinski definition) is 4. The van der Waals surface area contributed by atoms with E-state index < -0.39 is 12.0 Å². The predicted octanol–water partition coefficient (Wildman–Crippen LogP) is 5.95. The van der Waals surface area contributed by atoms with Gasteiger partial charge in [-0.3, -0.25) is 4.79 Å². The summed E-state index contributed by atoms with van der Waals surface area (Å²) in [7, 11) is 0. The molecule has 178 valence electrons. The molecule has 1 saturated carbocycles. The van der Waals surface area contributed by atoms with Gasteiger partial charge in [-0.25, -0.2) is 4.79 Å². The molecule has 2 aromatic carbocycles. The summed E-state index contributed by atoms with van der Waals surface area (Å²) in [4.78, 5) is 24.8. The fourth-order valence-electron chi connectivity index (χ4n) is 4.46. The molecule has 1 amide bonds. The number of ether oxygens (including phenoxy) is 1. The minimum absolute atomic E-state index is 0.379. The number of carboxylic acids is 1. The fourth-order valence-corrected chi connectivity index (χ4v) is 4.93. The van der Waals surface area contributed by atoms with Gasteiger partial charge in [0.05, 0.1) is 6.61 Å². The van der Waals surface area contributed by atoms with Gasteiger partial charge in [0, 0.05) is 5.56 Å². The van der Waals surface area contributed by atoms with E-state index in [1.54, 1.807) is 17.8 Å². The molecule has 2 N–H and O–H groups in total. The van der Waals surface area contributed by atoms with Gasteiger partial charge in [0.1, 0.15) is 11.8 Å². The van der Waals surface area contributed by atoms with E-state index in [1.807, 2.05) is 49.6 Å². The quantitative estimate of drug-likeness (QED) is 0.425. The first-order valence-corrected chi connectivity index (χ1v) is 13.2. The van der Waals surface area contributed by atoms with Crippen molar-refractivity contribution in [3.05, 3.63) is 53.6 Å². The number of aliphatic carboxylic acids is 1. The van der Waals surface area contributed by atoms with Crippen LogP contribution in [0.5, 0.6) is 5.75 Å². The van der Waals surface area contributed by atoms with Gasteiger partial charge in [-0.1, -0.05) is 56.4 Å². The summed E-state index contributed by atoms with van der Waals surface area (Å²) in [5.74, 6) is 0.745. The molecule has 0 spiro atoms. The third-order valence-corrected chi connectivity index (χ3v) is 7.05. The lowest BCUT2D eigenvalue weighted by Crippen LogP contribution is -2.41.